The smallest absolute Gasteiger partial charge is 0.224 e. The Kier molecular flexibility index (Phi) is 3.39. The Hall–Kier alpha value is -2.18. The molecule has 0 amide bonds. The summed E-state index contributed by atoms with van der Waals surface area (Å²) in [6, 6.07) is 0. The minimum absolute atomic E-state index is 0.0227. The lowest BCUT2D eigenvalue weighted by Crippen LogP contribution is -2.05. The van der Waals surface area contributed by atoms with Crippen molar-refractivity contribution in [3.8, 4) is 0 Å². The average molecular weight is 221 g/mol. The molecule has 2 aromatic rings. The zero-order valence-corrected chi connectivity index (χ0v) is 9.52. The second kappa shape index (κ2) is 4.56. The second-order valence-corrected chi connectivity index (χ2v) is 2.87. The molecule has 0 aliphatic rings. The molecule has 0 aromatic carbocycles. The first-order valence-corrected chi connectivity index (χ1v) is 4.88. The zero-order chi connectivity index (χ0) is 12.3. The van der Waals surface area contributed by atoms with Gasteiger partial charge in [-0.15, -0.1) is 0 Å². The first-order valence-electron chi connectivity index (χ1n) is 4.88. The van der Waals surface area contributed by atoms with Crippen LogP contribution in [0.2, 0.25) is 0 Å². The van der Waals surface area contributed by atoms with Crippen molar-refractivity contribution >= 4 is 22.8 Å². The Morgan fingerprint density at radius 1 is 1.25 bits per heavy atom. The Morgan fingerprint density at radius 3 is 2.50 bits per heavy atom. The van der Waals surface area contributed by atoms with E-state index in [1.165, 1.54) is 0 Å². The van der Waals surface area contributed by atoms with Gasteiger partial charge in [0, 0.05) is 7.05 Å². The summed E-state index contributed by atoms with van der Waals surface area (Å²) < 4.78 is 1.68. The molecule has 16 heavy (non-hydrogen) atoms. The van der Waals surface area contributed by atoms with Crippen molar-refractivity contribution in [1.29, 1.82) is 5.41 Å². The van der Waals surface area contributed by atoms with E-state index in [4.69, 9.17) is 16.9 Å². The van der Waals surface area contributed by atoms with Crippen LogP contribution < -0.4 is 17.0 Å². The third-order valence-corrected chi connectivity index (χ3v) is 1.87. The van der Waals surface area contributed by atoms with Crippen LogP contribution in [0.15, 0.2) is 6.33 Å². The van der Waals surface area contributed by atoms with Crippen molar-refractivity contribution < 1.29 is 0 Å². The first-order chi connectivity index (χ1) is 7.59. The number of fused-ring (bicyclic) bond motifs is 1. The second-order valence-electron chi connectivity index (χ2n) is 2.87. The lowest BCUT2D eigenvalue weighted by Gasteiger charge is -1.92. The molecule has 0 radical (unpaired) electrons. The molecular formula is C9H15N7. The highest BCUT2D eigenvalue weighted by Gasteiger charge is 2.06. The van der Waals surface area contributed by atoms with E-state index < -0.39 is 0 Å². The Balaban J connectivity index is 0.000000606. The molecule has 7 heteroatoms. The van der Waals surface area contributed by atoms with Gasteiger partial charge in [0.05, 0.1) is 6.33 Å². The van der Waals surface area contributed by atoms with Crippen LogP contribution in [-0.4, -0.2) is 19.5 Å². The van der Waals surface area contributed by atoms with Gasteiger partial charge in [0.1, 0.15) is 11.0 Å². The van der Waals surface area contributed by atoms with Gasteiger partial charge in [-0.2, -0.15) is 9.97 Å². The maximum absolute atomic E-state index is 7.57. The van der Waals surface area contributed by atoms with Crippen LogP contribution >= 0.6 is 0 Å². The van der Waals surface area contributed by atoms with Crippen molar-refractivity contribution in [2.45, 2.75) is 13.8 Å². The summed E-state index contributed by atoms with van der Waals surface area (Å²) in [6.45, 7) is 4.00. The van der Waals surface area contributed by atoms with E-state index in [2.05, 4.69) is 15.0 Å². The van der Waals surface area contributed by atoms with Crippen molar-refractivity contribution in [2.24, 2.45) is 7.05 Å². The normalized spacial score (nSPS) is 9.69. The third-order valence-electron chi connectivity index (χ3n) is 1.87. The van der Waals surface area contributed by atoms with Crippen LogP contribution in [-0.2, 0) is 7.05 Å². The minimum atomic E-state index is -0.0256. The van der Waals surface area contributed by atoms with Gasteiger partial charge >= 0.3 is 0 Å². The fourth-order valence-electron chi connectivity index (χ4n) is 1.27. The number of aryl methyl sites for hydroxylation is 1. The molecule has 0 atom stereocenters. The number of nitrogen functional groups attached to an aromatic ring is 2. The minimum Gasteiger partial charge on any atom is -0.382 e. The lowest BCUT2D eigenvalue weighted by atomic mass is 10.4. The van der Waals surface area contributed by atoms with E-state index in [1.54, 1.807) is 17.9 Å². The van der Waals surface area contributed by atoms with E-state index in [0.29, 0.717) is 11.0 Å². The van der Waals surface area contributed by atoms with Gasteiger partial charge in [-0.1, -0.05) is 13.8 Å². The number of aromatic nitrogens is 4. The maximum Gasteiger partial charge on any atom is 0.224 e. The van der Waals surface area contributed by atoms with Crippen molar-refractivity contribution in [3.05, 3.63) is 11.8 Å². The summed E-state index contributed by atoms with van der Waals surface area (Å²) in [5.41, 5.74) is 12.0. The molecule has 0 saturated carbocycles. The van der Waals surface area contributed by atoms with Gasteiger partial charge in [-0.05, 0) is 0 Å². The number of anilines is 2. The van der Waals surface area contributed by atoms with Crippen molar-refractivity contribution in [2.75, 3.05) is 11.5 Å². The number of nitrogens with two attached hydrogens (primary N) is 2. The molecule has 5 N–H and O–H groups in total. The summed E-state index contributed by atoms with van der Waals surface area (Å²) in [6.07, 6.45) is 1.55. The third kappa shape index (κ3) is 1.92. The molecule has 2 aromatic heterocycles. The summed E-state index contributed by atoms with van der Waals surface area (Å²) in [4.78, 5) is 11.5. The van der Waals surface area contributed by atoms with Gasteiger partial charge in [0.2, 0.25) is 5.95 Å². The molecule has 0 saturated heterocycles. The molecule has 0 aliphatic heterocycles. The van der Waals surface area contributed by atoms with E-state index in [0.717, 1.165) is 0 Å². The molecule has 0 unspecified atom stereocenters. The molecule has 7 nitrogen and oxygen atoms in total. The van der Waals surface area contributed by atoms with Crippen LogP contribution in [0.25, 0.3) is 11.0 Å². The SMILES string of the molecule is CC.Cn1cnc2c(=N)nc(N)nc(N)c21. The Morgan fingerprint density at radius 2 is 1.88 bits per heavy atom. The number of nitrogens with zero attached hydrogens (tertiary/aromatic N) is 4. The number of imidazole rings is 1. The van der Waals surface area contributed by atoms with E-state index >= 15 is 0 Å². The van der Waals surface area contributed by atoms with Crippen molar-refractivity contribution in [3.63, 3.8) is 0 Å². The van der Waals surface area contributed by atoms with Gasteiger partial charge in [-0.3, -0.25) is 5.41 Å². The number of rotatable bonds is 0. The summed E-state index contributed by atoms with van der Waals surface area (Å²) in [5, 5.41) is 7.57. The molecule has 2 heterocycles. The highest BCUT2D eigenvalue weighted by molar-refractivity contribution is 5.83. The van der Waals surface area contributed by atoms with E-state index in [9.17, 15) is 0 Å². The van der Waals surface area contributed by atoms with Gasteiger partial charge in [0.15, 0.2) is 11.3 Å². The fourth-order valence-corrected chi connectivity index (χ4v) is 1.27. The van der Waals surface area contributed by atoms with Crippen LogP contribution in [0.3, 0.4) is 0 Å². The maximum atomic E-state index is 7.57. The van der Waals surface area contributed by atoms with E-state index in [-0.39, 0.29) is 17.3 Å². The number of nitrogens with one attached hydrogen (secondary N) is 1. The summed E-state index contributed by atoms with van der Waals surface area (Å²) >= 11 is 0. The van der Waals surface area contributed by atoms with E-state index in [1.807, 2.05) is 13.8 Å². The monoisotopic (exact) mass is 221 g/mol. The summed E-state index contributed by atoms with van der Waals surface area (Å²) in [5.74, 6) is 0.203. The van der Waals surface area contributed by atoms with Crippen molar-refractivity contribution in [1.82, 2.24) is 19.5 Å². The average Bonchev–Trinajstić information content (AvgIpc) is 2.57. The topological polar surface area (TPSA) is 119 Å². The molecule has 0 fully saturated rings. The molecule has 2 rings (SSSR count). The quantitative estimate of drug-likeness (QED) is 0.580. The molecule has 0 bridgehead atoms. The zero-order valence-electron chi connectivity index (χ0n) is 9.52. The van der Waals surface area contributed by atoms with Crippen LogP contribution in [0.1, 0.15) is 13.8 Å². The van der Waals surface area contributed by atoms with Crippen LogP contribution in [0.5, 0.6) is 0 Å². The fraction of sp³-hybridized carbons (Fsp3) is 0.333. The van der Waals surface area contributed by atoms with Gasteiger partial charge in [-0.25, -0.2) is 4.98 Å². The largest absolute Gasteiger partial charge is 0.382 e. The van der Waals surface area contributed by atoms with Gasteiger partial charge in [0.25, 0.3) is 0 Å². The predicted molar refractivity (Wildman–Crippen MR) is 62.3 cm³/mol. The lowest BCUT2D eigenvalue weighted by molar-refractivity contribution is 0.946. The number of hydrogen-bond donors (Lipinski definition) is 3. The van der Waals surface area contributed by atoms with Crippen LogP contribution in [0, 0.1) is 5.41 Å². The predicted octanol–water partition coefficient (Wildman–Crippen LogP) is 0.0334. The molecule has 86 valence electrons. The molecular weight excluding hydrogens is 206 g/mol. The molecule has 0 aliphatic carbocycles. The standard InChI is InChI=1S/C7H9N7.C2H6/c1-14-2-11-3-4(14)6(9)13-7(10)12-5(3)8;1-2/h2H,1H3,(H5,8,9,10,12,13);1-2H3. The van der Waals surface area contributed by atoms with Gasteiger partial charge < -0.3 is 16.0 Å². The van der Waals surface area contributed by atoms with Crippen LogP contribution in [0.4, 0.5) is 11.8 Å². The summed E-state index contributed by atoms with van der Waals surface area (Å²) in [7, 11) is 1.77. The highest BCUT2D eigenvalue weighted by Crippen LogP contribution is 2.12. The Labute approximate surface area is 92.7 Å². The molecule has 0 spiro atoms. The highest BCUT2D eigenvalue weighted by atomic mass is 15.1. The Bertz CT molecular complexity index is 558. The first kappa shape index (κ1) is 11.9. The number of hydrogen-bond acceptors (Lipinski definition) is 6.